The fourth-order valence-corrected chi connectivity index (χ4v) is 1.49. The smallest absolute Gasteiger partial charge is 0.231 e. The molecule has 0 saturated carbocycles. The molecule has 2 atom stereocenters. The minimum Gasteiger partial charge on any atom is -0.454 e. The molecule has 1 aromatic carbocycles. The van der Waals surface area contributed by atoms with E-state index in [2.05, 4.69) is 0 Å². The Morgan fingerprint density at radius 1 is 1.33 bits per heavy atom. The van der Waals surface area contributed by atoms with Gasteiger partial charge in [0.1, 0.15) is 0 Å². The van der Waals surface area contributed by atoms with Crippen molar-refractivity contribution in [2.75, 3.05) is 13.3 Å². The molecule has 5 nitrogen and oxygen atoms in total. The lowest BCUT2D eigenvalue weighted by Gasteiger charge is -2.17. The van der Waals surface area contributed by atoms with Gasteiger partial charge in [0.05, 0.1) is 12.1 Å². The number of rotatable bonds is 3. The van der Waals surface area contributed by atoms with Gasteiger partial charge in [-0.3, -0.25) is 0 Å². The van der Waals surface area contributed by atoms with E-state index >= 15 is 0 Å². The molecule has 0 aliphatic carbocycles. The number of aliphatic hydroxyl groups is 1. The summed E-state index contributed by atoms with van der Waals surface area (Å²) < 4.78 is 10.4. The standard InChI is InChI=1S/C10H14N2O3/c11-4-7(13)10(12)6-1-2-8-9(3-6)15-5-14-8/h1-3,7,10,13H,4-5,11-12H2. The lowest BCUT2D eigenvalue weighted by Crippen LogP contribution is -2.32. The molecule has 15 heavy (non-hydrogen) atoms. The summed E-state index contributed by atoms with van der Waals surface area (Å²) in [5, 5.41) is 9.51. The van der Waals surface area contributed by atoms with E-state index in [0.717, 1.165) is 5.56 Å². The normalized spacial score (nSPS) is 17.5. The number of benzene rings is 1. The van der Waals surface area contributed by atoms with Gasteiger partial charge >= 0.3 is 0 Å². The summed E-state index contributed by atoms with van der Waals surface area (Å²) in [5.41, 5.74) is 11.9. The fourth-order valence-electron chi connectivity index (χ4n) is 1.49. The predicted octanol–water partition coefficient (Wildman–Crippen LogP) is -0.265. The van der Waals surface area contributed by atoms with Crippen molar-refractivity contribution in [1.29, 1.82) is 0 Å². The fraction of sp³-hybridized carbons (Fsp3) is 0.400. The Hall–Kier alpha value is -1.30. The van der Waals surface area contributed by atoms with Gasteiger partial charge in [-0.2, -0.15) is 0 Å². The molecular formula is C10H14N2O3. The maximum Gasteiger partial charge on any atom is 0.231 e. The number of aliphatic hydroxyl groups excluding tert-OH is 1. The number of hydrogen-bond acceptors (Lipinski definition) is 5. The first kappa shape index (κ1) is 10.2. The molecule has 2 unspecified atom stereocenters. The van der Waals surface area contributed by atoms with Gasteiger partial charge in [0.2, 0.25) is 6.79 Å². The zero-order valence-electron chi connectivity index (χ0n) is 8.22. The molecular weight excluding hydrogens is 196 g/mol. The van der Waals surface area contributed by atoms with Gasteiger partial charge < -0.3 is 26.0 Å². The molecule has 2 rings (SSSR count). The van der Waals surface area contributed by atoms with Crippen LogP contribution in [0.25, 0.3) is 0 Å². The first-order valence-electron chi connectivity index (χ1n) is 4.75. The predicted molar refractivity (Wildman–Crippen MR) is 54.6 cm³/mol. The second-order valence-electron chi connectivity index (χ2n) is 3.44. The second-order valence-corrected chi connectivity index (χ2v) is 3.44. The third-order valence-electron chi connectivity index (χ3n) is 2.44. The highest BCUT2D eigenvalue weighted by Gasteiger charge is 2.19. The van der Waals surface area contributed by atoms with Crippen molar-refractivity contribution in [2.45, 2.75) is 12.1 Å². The minimum absolute atomic E-state index is 0.135. The van der Waals surface area contributed by atoms with Crippen molar-refractivity contribution in [2.24, 2.45) is 11.5 Å². The third kappa shape index (κ3) is 1.90. The minimum atomic E-state index is -0.745. The van der Waals surface area contributed by atoms with Crippen LogP contribution in [0.2, 0.25) is 0 Å². The molecule has 82 valence electrons. The topological polar surface area (TPSA) is 90.7 Å². The average molecular weight is 210 g/mol. The average Bonchev–Trinajstić information content (AvgIpc) is 2.73. The van der Waals surface area contributed by atoms with Crippen LogP contribution in [-0.4, -0.2) is 24.5 Å². The summed E-state index contributed by atoms with van der Waals surface area (Å²) in [5.74, 6) is 1.36. The molecule has 0 spiro atoms. The molecule has 1 heterocycles. The van der Waals surface area contributed by atoms with Crippen molar-refractivity contribution in [3.05, 3.63) is 23.8 Å². The van der Waals surface area contributed by atoms with Gasteiger partial charge in [-0.25, -0.2) is 0 Å². The largest absolute Gasteiger partial charge is 0.454 e. The van der Waals surface area contributed by atoms with Crippen LogP contribution >= 0.6 is 0 Å². The van der Waals surface area contributed by atoms with Crippen LogP contribution in [0.1, 0.15) is 11.6 Å². The molecule has 0 aromatic heterocycles. The SMILES string of the molecule is NCC(O)C(N)c1ccc2c(c1)OCO2. The maximum atomic E-state index is 9.51. The molecule has 0 bridgehead atoms. The van der Waals surface area contributed by atoms with E-state index in [4.69, 9.17) is 20.9 Å². The monoisotopic (exact) mass is 210 g/mol. The van der Waals surface area contributed by atoms with Crippen molar-refractivity contribution in [3.8, 4) is 11.5 Å². The lowest BCUT2D eigenvalue weighted by molar-refractivity contribution is 0.152. The van der Waals surface area contributed by atoms with Crippen LogP contribution in [0.5, 0.6) is 11.5 Å². The van der Waals surface area contributed by atoms with Crippen molar-refractivity contribution >= 4 is 0 Å². The summed E-state index contributed by atoms with van der Waals surface area (Å²) in [6.45, 7) is 0.364. The summed E-state index contributed by atoms with van der Waals surface area (Å²) in [6.07, 6.45) is -0.745. The van der Waals surface area contributed by atoms with Crippen LogP contribution in [0.15, 0.2) is 18.2 Å². The molecule has 5 heteroatoms. The first-order chi connectivity index (χ1) is 7.22. The number of ether oxygens (including phenoxy) is 2. The first-order valence-corrected chi connectivity index (χ1v) is 4.75. The van der Waals surface area contributed by atoms with Crippen LogP contribution in [0, 0.1) is 0 Å². The van der Waals surface area contributed by atoms with Crippen LogP contribution in [0.3, 0.4) is 0 Å². The zero-order valence-corrected chi connectivity index (χ0v) is 8.22. The van der Waals surface area contributed by atoms with Crippen LogP contribution in [0.4, 0.5) is 0 Å². The lowest BCUT2D eigenvalue weighted by atomic mass is 10.0. The van der Waals surface area contributed by atoms with Crippen molar-refractivity contribution in [3.63, 3.8) is 0 Å². The molecule has 0 fully saturated rings. The summed E-state index contributed by atoms with van der Waals surface area (Å²) >= 11 is 0. The Kier molecular flexibility index (Phi) is 2.77. The summed E-state index contributed by atoms with van der Waals surface area (Å²) in [4.78, 5) is 0. The molecule has 0 radical (unpaired) electrons. The van der Waals surface area contributed by atoms with Gasteiger partial charge in [0, 0.05) is 6.54 Å². The van der Waals surface area contributed by atoms with E-state index in [9.17, 15) is 5.11 Å². The van der Waals surface area contributed by atoms with Gasteiger partial charge in [0.25, 0.3) is 0 Å². The molecule has 0 amide bonds. The van der Waals surface area contributed by atoms with Gasteiger partial charge in [0.15, 0.2) is 11.5 Å². The van der Waals surface area contributed by atoms with Crippen LogP contribution in [-0.2, 0) is 0 Å². The second kappa shape index (κ2) is 4.06. The van der Waals surface area contributed by atoms with E-state index < -0.39 is 12.1 Å². The number of nitrogens with two attached hydrogens (primary N) is 2. The van der Waals surface area contributed by atoms with Gasteiger partial charge in [-0.1, -0.05) is 6.07 Å². The Balaban J connectivity index is 2.22. The molecule has 5 N–H and O–H groups in total. The Labute approximate surface area is 87.6 Å². The van der Waals surface area contributed by atoms with Crippen molar-refractivity contribution < 1.29 is 14.6 Å². The molecule has 1 aromatic rings. The quantitative estimate of drug-likeness (QED) is 0.639. The molecule has 0 saturated heterocycles. The van der Waals surface area contributed by atoms with E-state index in [0.29, 0.717) is 11.5 Å². The Morgan fingerprint density at radius 3 is 2.80 bits per heavy atom. The van der Waals surface area contributed by atoms with Crippen LogP contribution < -0.4 is 20.9 Å². The Morgan fingerprint density at radius 2 is 2.07 bits per heavy atom. The van der Waals surface area contributed by atoms with Gasteiger partial charge in [-0.15, -0.1) is 0 Å². The van der Waals surface area contributed by atoms with E-state index in [1.165, 1.54) is 0 Å². The summed E-state index contributed by atoms with van der Waals surface area (Å²) in [6, 6.07) is 4.86. The number of hydrogen-bond donors (Lipinski definition) is 3. The van der Waals surface area contributed by atoms with E-state index in [1.807, 2.05) is 0 Å². The third-order valence-corrected chi connectivity index (χ3v) is 2.44. The number of fused-ring (bicyclic) bond motifs is 1. The molecule has 1 aliphatic rings. The maximum absolute atomic E-state index is 9.51. The van der Waals surface area contributed by atoms with E-state index in [1.54, 1.807) is 18.2 Å². The van der Waals surface area contributed by atoms with E-state index in [-0.39, 0.29) is 13.3 Å². The highest BCUT2D eigenvalue weighted by molar-refractivity contribution is 5.45. The highest BCUT2D eigenvalue weighted by atomic mass is 16.7. The zero-order chi connectivity index (χ0) is 10.8. The van der Waals surface area contributed by atoms with Crippen molar-refractivity contribution in [1.82, 2.24) is 0 Å². The molecule has 1 aliphatic heterocycles. The summed E-state index contributed by atoms with van der Waals surface area (Å²) in [7, 11) is 0. The highest BCUT2D eigenvalue weighted by Crippen LogP contribution is 2.34. The Bertz CT molecular complexity index is 357. The van der Waals surface area contributed by atoms with Gasteiger partial charge in [-0.05, 0) is 17.7 Å².